The lowest BCUT2D eigenvalue weighted by atomic mass is 10.1. The van der Waals surface area contributed by atoms with Gasteiger partial charge in [-0.2, -0.15) is 4.31 Å². The molecule has 1 heterocycles. The van der Waals surface area contributed by atoms with Gasteiger partial charge >= 0.3 is 0 Å². The van der Waals surface area contributed by atoms with Crippen LogP contribution in [0.1, 0.15) is 42.9 Å². The van der Waals surface area contributed by atoms with E-state index in [9.17, 15) is 13.2 Å². The number of sulfonamides is 1. The van der Waals surface area contributed by atoms with Crippen molar-refractivity contribution in [1.29, 1.82) is 0 Å². The van der Waals surface area contributed by atoms with Gasteiger partial charge < -0.3 is 5.32 Å². The number of carbonyl (C=O) groups is 1. The Morgan fingerprint density at radius 3 is 2.31 bits per heavy atom. The Kier molecular flexibility index (Phi) is 6.30. The van der Waals surface area contributed by atoms with Gasteiger partial charge in [-0.15, -0.1) is 0 Å². The van der Waals surface area contributed by atoms with Crippen LogP contribution in [0.25, 0.3) is 10.9 Å². The lowest BCUT2D eigenvalue weighted by Crippen LogP contribution is -2.30. The maximum Gasteiger partial charge on any atom is 0.270 e. The smallest absolute Gasteiger partial charge is 0.270 e. The van der Waals surface area contributed by atoms with Gasteiger partial charge in [0.25, 0.3) is 5.91 Å². The first-order chi connectivity index (χ1) is 13.9. The number of nitrogens with zero attached hydrogens (tertiary/aromatic N) is 2. The molecule has 1 aromatic heterocycles. The number of nitrogens with one attached hydrogen (secondary N) is 1. The Labute approximate surface area is 171 Å². The molecule has 0 saturated heterocycles. The van der Waals surface area contributed by atoms with Crippen molar-refractivity contribution in [2.24, 2.45) is 0 Å². The Morgan fingerprint density at radius 2 is 1.66 bits per heavy atom. The topological polar surface area (TPSA) is 79.4 Å². The van der Waals surface area contributed by atoms with Crippen LogP contribution in [0.5, 0.6) is 0 Å². The fourth-order valence-electron chi connectivity index (χ4n) is 3.19. The van der Waals surface area contributed by atoms with Gasteiger partial charge in [-0.25, -0.2) is 13.4 Å². The molecular formula is C22H25N3O3S. The largest absolute Gasteiger partial charge is 0.344 e. The van der Waals surface area contributed by atoms with Gasteiger partial charge in [-0.05, 0) is 36.8 Å². The molecule has 0 aliphatic rings. The molecule has 1 atom stereocenters. The maximum atomic E-state index is 12.6. The second-order valence-corrected chi connectivity index (χ2v) is 8.68. The third-order valence-electron chi connectivity index (χ3n) is 4.90. The quantitative estimate of drug-likeness (QED) is 0.642. The molecule has 6 nitrogen and oxygen atoms in total. The fraction of sp³-hybridized carbons (Fsp3) is 0.273. The van der Waals surface area contributed by atoms with Crippen LogP contribution in [0.15, 0.2) is 65.6 Å². The molecule has 0 aliphatic heterocycles. The summed E-state index contributed by atoms with van der Waals surface area (Å²) < 4.78 is 26.6. The molecule has 1 amide bonds. The van der Waals surface area contributed by atoms with Crippen LogP contribution in [0.3, 0.4) is 0 Å². The molecule has 0 fully saturated rings. The predicted octanol–water partition coefficient (Wildman–Crippen LogP) is 3.76. The molecule has 29 heavy (non-hydrogen) atoms. The van der Waals surface area contributed by atoms with Gasteiger partial charge in [-0.3, -0.25) is 4.79 Å². The van der Waals surface area contributed by atoms with Crippen LogP contribution in [-0.2, 0) is 10.0 Å². The zero-order chi connectivity index (χ0) is 21.0. The summed E-state index contributed by atoms with van der Waals surface area (Å²) >= 11 is 0. The zero-order valence-electron chi connectivity index (χ0n) is 16.8. The van der Waals surface area contributed by atoms with Gasteiger partial charge in [0.15, 0.2) is 0 Å². The predicted molar refractivity (Wildman–Crippen MR) is 114 cm³/mol. The summed E-state index contributed by atoms with van der Waals surface area (Å²) in [7, 11) is -3.49. The van der Waals surface area contributed by atoms with Crippen molar-refractivity contribution < 1.29 is 13.2 Å². The third kappa shape index (κ3) is 4.46. The molecule has 3 rings (SSSR count). The van der Waals surface area contributed by atoms with Gasteiger partial charge in [0.2, 0.25) is 10.0 Å². The van der Waals surface area contributed by atoms with Crippen molar-refractivity contribution in [3.63, 3.8) is 0 Å². The molecular weight excluding hydrogens is 386 g/mol. The van der Waals surface area contributed by atoms with Crippen LogP contribution < -0.4 is 5.32 Å². The van der Waals surface area contributed by atoms with E-state index >= 15 is 0 Å². The van der Waals surface area contributed by atoms with Crippen LogP contribution in [0.4, 0.5) is 0 Å². The molecule has 3 aromatic rings. The number of rotatable bonds is 7. The average Bonchev–Trinajstić information content (AvgIpc) is 2.74. The Balaban J connectivity index is 1.74. The summed E-state index contributed by atoms with van der Waals surface area (Å²) in [4.78, 5) is 17.2. The van der Waals surface area contributed by atoms with E-state index in [-0.39, 0.29) is 16.8 Å². The third-order valence-corrected chi connectivity index (χ3v) is 6.97. The summed E-state index contributed by atoms with van der Waals surface area (Å²) in [6.45, 7) is 6.33. The first-order valence-corrected chi connectivity index (χ1v) is 11.1. The number of hydrogen-bond acceptors (Lipinski definition) is 4. The van der Waals surface area contributed by atoms with E-state index < -0.39 is 10.0 Å². The molecule has 0 aliphatic carbocycles. The number of fused-ring (bicyclic) bond motifs is 1. The highest BCUT2D eigenvalue weighted by Gasteiger charge is 2.22. The van der Waals surface area contributed by atoms with E-state index in [4.69, 9.17) is 0 Å². The lowest BCUT2D eigenvalue weighted by Gasteiger charge is -2.19. The first kappa shape index (κ1) is 21.0. The lowest BCUT2D eigenvalue weighted by molar-refractivity contribution is 0.0935. The van der Waals surface area contributed by atoms with Crippen molar-refractivity contribution >= 4 is 26.8 Å². The second kappa shape index (κ2) is 8.71. The van der Waals surface area contributed by atoms with E-state index in [0.717, 1.165) is 16.5 Å². The normalized spacial score (nSPS) is 12.8. The van der Waals surface area contributed by atoms with Crippen LogP contribution in [0, 0.1) is 0 Å². The van der Waals surface area contributed by atoms with E-state index in [1.54, 1.807) is 30.3 Å². The summed E-state index contributed by atoms with van der Waals surface area (Å²) in [6.07, 6.45) is 0. The van der Waals surface area contributed by atoms with Crippen LogP contribution >= 0.6 is 0 Å². The second-order valence-electron chi connectivity index (χ2n) is 6.74. The van der Waals surface area contributed by atoms with E-state index in [2.05, 4.69) is 10.3 Å². The molecule has 2 aromatic carbocycles. The molecule has 0 saturated carbocycles. The molecule has 0 spiro atoms. The minimum atomic E-state index is -3.49. The standard InChI is InChI=1S/C22H25N3O3S/c1-4-25(5-2)29(27,28)19-13-10-17(11-14-19)16(3)23-22(26)21-15-12-18-8-6-7-9-20(18)24-21/h6-16H,4-5H2,1-3H3,(H,23,26). The van der Waals surface area contributed by atoms with Gasteiger partial charge in [0.1, 0.15) is 5.69 Å². The number of benzene rings is 2. The van der Waals surface area contributed by atoms with Gasteiger partial charge in [-0.1, -0.05) is 50.2 Å². The summed E-state index contributed by atoms with van der Waals surface area (Å²) in [5.41, 5.74) is 1.92. The van der Waals surface area contributed by atoms with Gasteiger partial charge in [0.05, 0.1) is 16.5 Å². The highest BCUT2D eigenvalue weighted by molar-refractivity contribution is 7.89. The van der Waals surface area contributed by atoms with Crippen molar-refractivity contribution in [1.82, 2.24) is 14.6 Å². The minimum Gasteiger partial charge on any atom is -0.344 e. The molecule has 1 N–H and O–H groups in total. The number of hydrogen-bond donors (Lipinski definition) is 1. The molecule has 1 unspecified atom stereocenters. The Morgan fingerprint density at radius 1 is 1.00 bits per heavy atom. The van der Waals surface area contributed by atoms with Crippen molar-refractivity contribution in [3.8, 4) is 0 Å². The summed E-state index contributed by atoms with van der Waals surface area (Å²) in [6, 6.07) is 17.5. The Hall–Kier alpha value is -2.77. The number of pyridine rings is 1. The summed E-state index contributed by atoms with van der Waals surface area (Å²) in [5.74, 6) is -0.275. The molecule has 7 heteroatoms. The molecule has 0 radical (unpaired) electrons. The average molecular weight is 412 g/mol. The van der Waals surface area contributed by atoms with Crippen molar-refractivity contribution in [2.75, 3.05) is 13.1 Å². The highest BCUT2D eigenvalue weighted by atomic mass is 32.2. The van der Waals surface area contributed by atoms with Crippen LogP contribution in [-0.4, -0.2) is 36.7 Å². The highest BCUT2D eigenvalue weighted by Crippen LogP contribution is 2.20. The van der Waals surface area contributed by atoms with E-state index in [0.29, 0.717) is 18.8 Å². The monoisotopic (exact) mass is 411 g/mol. The van der Waals surface area contributed by atoms with E-state index in [1.807, 2.05) is 51.1 Å². The van der Waals surface area contributed by atoms with Gasteiger partial charge in [0, 0.05) is 18.5 Å². The SMILES string of the molecule is CCN(CC)S(=O)(=O)c1ccc(C(C)NC(=O)c2ccc3ccccc3n2)cc1. The van der Waals surface area contributed by atoms with Crippen LogP contribution in [0.2, 0.25) is 0 Å². The number of amides is 1. The molecule has 0 bridgehead atoms. The minimum absolute atomic E-state index is 0.250. The maximum absolute atomic E-state index is 12.6. The van der Waals surface area contributed by atoms with Crippen molar-refractivity contribution in [3.05, 3.63) is 71.9 Å². The zero-order valence-corrected chi connectivity index (χ0v) is 17.6. The molecule has 152 valence electrons. The van der Waals surface area contributed by atoms with Crippen molar-refractivity contribution in [2.45, 2.75) is 31.7 Å². The number of carbonyl (C=O) groups excluding carboxylic acids is 1. The fourth-order valence-corrected chi connectivity index (χ4v) is 4.65. The number of aromatic nitrogens is 1. The first-order valence-electron chi connectivity index (χ1n) is 9.63. The van der Waals surface area contributed by atoms with E-state index in [1.165, 1.54) is 4.31 Å². The number of para-hydroxylation sites is 1. The Bertz CT molecular complexity index is 1110. The summed E-state index contributed by atoms with van der Waals surface area (Å²) in [5, 5.41) is 3.89.